The van der Waals surface area contributed by atoms with Gasteiger partial charge in [0.05, 0.1) is 45.2 Å². The number of likely N-dealkylation sites (N-methyl/N-ethyl adjacent to an activating group) is 1. The van der Waals surface area contributed by atoms with E-state index >= 15 is 0 Å². The number of carboxylic acids is 3. The number of ether oxygens (including phenoxy) is 4. The lowest BCUT2D eigenvalue weighted by atomic mass is 9.91. The molecule has 0 fully saturated rings. The topological polar surface area (TPSA) is 323 Å². The number of unbranched alkanes of at least 4 members (excludes halogenated alkanes) is 14. The molecule has 22 nitrogen and oxygen atoms in total. The van der Waals surface area contributed by atoms with Crippen LogP contribution in [0.5, 0.6) is 0 Å². The highest BCUT2D eigenvalue weighted by molar-refractivity contribution is 5.85. The molecule has 0 aliphatic heterocycles. The first-order valence-electron chi connectivity index (χ1n) is 25.7. The van der Waals surface area contributed by atoms with Crippen molar-refractivity contribution in [3.8, 4) is 0 Å². The van der Waals surface area contributed by atoms with Crippen LogP contribution >= 0.6 is 0 Å². The fraction of sp³-hybridized carbons (Fsp3) is 0.816. The fourth-order valence-corrected chi connectivity index (χ4v) is 7.25. The third-order valence-electron chi connectivity index (χ3n) is 11.7. The van der Waals surface area contributed by atoms with Gasteiger partial charge in [-0.1, -0.05) is 84.0 Å². The Balaban J connectivity index is 3.82. The second-order valence-corrected chi connectivity index (χ2v) is 17.6. The lowest BCUT2D eigenvalue weighted by Gasteiger charge is -2.25. The molecule has 5 amide bonds. The zero-order valence-corrected chi connectivity index (χ0v) is 42.6. The summed E-state index contributed by atoms with van der Waals surface area (Å²) in [5.41, 5.74) is -0.578. The third-order valence-corrected chi connectivity index (χ3v) is 11.7. The van der Waals surface area contributed by atoms with E-state index in [4.69, 9.17) is 24.1 Å². The van der Waals surface area contributed by atoms with E-state index in [0.717, 1.165) is 57.7 Å². The molecule has 0 aromatic rings. The van der Waals surface area contributed by atoms with Crippen molar-refractivity contribution in [2.75, 3.05) is 79.5 Å². The Morgan fingerprint density at radius 3 is 1.31 bits per heavy atom. The second kappa shape index (κ2) is 45.1. The van der Waals surface area contributed by atoms with Gasteiger partial charge >= 0.3 is 17.9 Å². The Hall–Kier alpha value is -4.77. The van der Waals surface area contributed by atoms with E-state index in [2.05, 4.69) is 31.9 Å². The van der Waals surface area contributed by atoms with Gasteiger partial charge in [0, 0.05) is 45.3 Å². The molecule has 0 saturated heterocycles. The lowest BCUT2D eigenvalue weighted by molar-refractivity contribution is -0.143. The van der Waals surface area contributed by atoms with Crippen molar-refractivity contribution < 1.29 is 77.4 Å². The van der Waals surface area contributed by atoms with Crippen molar-refractivity contribution in [1.29, 1.82) is 0 Å². The van der Waals surface area contributed by atoms with Crippen LogP contribution in [0.4, 0.5) is 0 Å². The van der Waals surface area contributed by atoms with E-state index in [1.165, 1.54) is 38.5 Å². The molecule has 71 heavy (non-hydrogen) atoms. The summed E-state index contributed by atoms with van der Waals surface area (Å²) in [5, 5.41) is 43.5. The van der Waals surface area contributed by atoms with Crippen LogP contribution in [-0.4, -0.2) is 166 Å². The van der Waals surface area contributed by atoms with Crippen LogP contribution in [-0.2, 0) is 62.1 Å². The number of hydrogen-bond acceptors (Lipinski definition) is 14. The van der Waals surface area contributed by atoms with Gasteiger partial charge in [0.25, 0.3) is 0 Å². The zero-order valence-electron chi connectivity index (χ0n) is 42.6. The third kappa shape index (κ3) is 40.5. The van der Waals surface area contributed by atoms with Gasteiger partial charge in [0.2, 0.25) is 29.5 Å². The van der Waals surface area contributed by atoms with E-state index in [1.807, 2.05) is 6.92 Å². The first-order valence-corrected chi connectivity index (χ1v) is 25.7. The molecule has 0 aromatic carbocycles. The Morgan fingerprint density at radius 1 is 0.465 bits per heavy atom. The van der Waals surface area contributed by atoms with Gasteiger partial charge in [0.1, 0.15) is 31.6 Å². The molecular formula is C49H88N6O16. The molecule has 0 aliphatic rings. The average Bonchev–Trinajstić information content (AvgIpc) is 3.34. The highest BCUT2D eigenvalue weighted by atomic mass is 16.5. The molecule has 0 bridgehead atoms. The summed E-state index contributed by atoms with van der Waals surface area (Å²) in [6, 6.07) is -2.44. The Morgan fingerprint density at radius 2 is 0.873 bits per heavy atom. The summed E-state index contributed by atoms with van der Waals surface area (Å²) in [5.74, 6) is -5.31. The van der Waals surface area contributed by atoms with Crippen molar-refractivity contribution in [1.82, 2.24) is 31.9 Å². The first-order chi connectivity index (χ1) is 34.2. The molecule has 410 valence electrons. The summed E-state index contributed by atoms with van der Waals surface area (Å²) in [6.45, 7) is 2.79. The maximum Gasteiger partial charge on any atom is 0.326 e. The Kier molecular flexibility index (Phi) is 42.1. The lowest BCUT2D eigenvalue weighted by Crippen LogP contribution is -2.44. The van der Waals surface area contributed by atoms with Crippen molar-refractivity contribution in [3.05, 3.63) is 0 Å². The number of carbonyl (C=O) groups excluding carboxylic acids is 6. The van der Waals surface area contributed by atoms with Crippen LogP contribution in [0.1, 0.15) is 161 Å². The molecule has 0 rings (SSSR count). The molecule has 0 unspecified atom stereocenters. The largest absolute Gasteiger partial charge is 0.481 e. The van der Waals surface area contributed by atoms with Gasteiger partial charge in [-0.2, -0.15) is 0 Å². The monoisotopic (exact) mass is 1020 g/mol. The van der Waals surface area contributed by atoms with Gasteiger partial charge < -0.3 is 71.0 Å². The Bertz CT molecular complexity index is 1500. The summed E-state index contributed by atoms with van der Waals surface area (Å²) in [4.78, 5) is 106. The van der Waals surface area contributed by atoms with E-state index in [1.54, 1.807) is 7.05 Å². The summed E-state index contributed by atoms with van der Waals surface area (Å²) < 4.78 is 21.3. The zero-order chi connectivity index (χ0) is 52.8. The molecular weight excluding hydrogens is 929 g/mol. The SMILES string of the molecule is CC[C@@](C=O)(CCCCNC(=O)CC[C@H](NC(=O)COCCOCCNC(=O)COCCOCCNC(=O)CC[C@H](NC(=O)CCCCCCCCCCCCCCCCC(=O)O)C(=O)O)C(=O)O)NC. The number of carbonyl (C=O) groups is 9. The van der Waals surface area contributed by atoms with Crippen molar-refractivity contribution in [2.45, 2.75) is 179 Å². The maximum absolute atomic E-state index is 12.4. The number of aliphatic carboxylic acids is 3. The summed E-state index contributed by atoms with van der Waals surface area (Å²) >= 11 is 0. The smallest absolute Gasteiger partial charge is 0.326 e. The number of rotatable bonds is 51. The van der Waals surface area contributed by atoms with Crippen LogP contribution in [0.2, 0.25) is 0 Å². The van der Waals surface area contributed by atoms with E-state index in [9.17, 15) is 53.4 Å². The molecule has 0 heterocycles. The minimum atomic E-state index is -1.28. The van der Waals surface area contributed by atoms with Gasteiger partial charge in [-0.15, -0.1) is 0 Å². The normalized spacial score (nSPS) is 12.8. The van der Waals surface area contributed by atoms with E-state index in [0.29, 0.717) is 32.2 Å². The standard InChI is InChI=1S/C49H88N6O16/c1-3-49(38-56,50-2)26-18-19-27-51-41(57)24-23-40(48(66)67)55-45(61)37-71-35-33-69-31-29-53-44(60)36-70-34-32-68-30-28-52-42(58)25-22-39(47(64)65)54-43(59)20-16-14-12-10-8-6-4-5-7-9-11-13-15-17-21-46(62)63/h38-40,50H,3-37H2,1-2H3,(H,51,57)(H,52,58)(H,53,60)(H,54,59)(H,55,61)(H,62,63)(H,64,65)(H,66,67)/t39-,40-,49-/m0/s1. The quantitative estimate of drug-likeness (QED) is 0.0312. The fourth-order valence-electron chi connectivity index (χ4n) is 7.25. The number of carboxylic acid groups (broad SMARTS) is 3. The maximum atomic E-state index is 12.4. The summed E-state index contributed by atoms with van der Waals surface area (Å²) in [7, 11) is 1.73. The average molecular weight is 1020 g/mol. The minimum absolute atomic E-state index is 0.0347. The van der Waals surface area contributed by atoms with Crippen molar-refractivity contribution in [2.24, 2.45) is 0 Å². The number of nitrogens with one attached hydrogen (secondary N) is 6. The number of amides is 5. The molecule has 0 aromatic heterocycles. The van der Waals surface area contributed by atoms with E-state index < -0.39 is 48.0 Å². The predicted molar refractivity (Wildman–Crippen MR) is 263 cm³/mol. The van der Waals surface area contributed by atoms with Gasteiger partial charge in [0.15, 0.2) is 0 Å². The molecule has 22 heteroatoms. The van der Waals surface area contributed by atoms with Gasteiger partial charge in [-0.05, 0) is 58.4 Å². The first kappa shape index (κ1) is 66.2. The molecule has 3 atom stereocenters. The highest BCUT2D eigenvalue weighted by Gasteiger charge is 2.25. The van der Waals surface area contributed by atoms with Crippen LogP contribution in [0, 0.1) is 0 Å². The predicted octanol–water partition coefficient (Wildman–Crippen LogP) is 3.16. The highest BCUT2D eigenvalue weighted by Crippen LogP contribution is 2.16. The van der Waals surface area contributed by atoms with Crippen LogP contribution in [0.15, 0.2) is 0 Å². The molecule has 0 radical (unpaired) electrons. The van der Waals surface area contributed by atoms with Crippen LogP contribution in [0.3, 0.4) is 0 Å². The molecule has 0 saturated carbocycles. The summed E-state index contributed by atoms with van der Waals surface area (Å²) in [6.07, 6.45) is 18.6. The number of aldehydes is 1. The van der Waals surface area contributed by atoms with Crippen LogP contribution in [0.25, 0.3) is 0 Å². The second-order valence-electron chi connectivity index (χ2n) is 17.6. The molecule has 9 N–H and O–H groups in total. The minimum Gasteiger partial charge on any atom is -0.481 e. The van der Waals surface area contributed by atoms with Crippen molar-refractivity contribution >= 4 is 53.7 Å². The van der Waals surface area contributed by atoms with Crippen LogP contribution < -0.4 is 31.9 Å². The van der Waals surface area contributed by atoms with E-state index in [-0.39, 0.29) is 121 Å². The molecule has 0 spiro atoms. The Labute approximate surface area is 420 Å². The molecule has 0 aliphatic carbocycles. The number of hydrogen-bond donors (Lipinski definition) is 9. The van der Waals surface area contributed by atoms with Gasteiger partial charge in [-0.25, -0.2) is 9.59 Å². The van der Waals surface area contributed by atoms with Gasteiger partial charge in [-0.3, -0.25) is 28.8 Å². The van der Waals surface area contributed by atoms with Crippen molar-refractivity contribution in [3.63, 3.8) is 0 Å².